The van der Waals surface area contributed by atoms with E-state index < -0.39 is 18.0 Å². The number of carboxylic acid groups (broad SMARTS) is 1. The van der Waals surface area contributed by atoms with Gasteiger partial charge >= 0.3 is 12.0 Å². The van der Waals surface area contributed by atoms with Crippen LogP contribution in [0.5, 0.6) is 0 Å². The number of urea groups is 1. The fourth-order valence-electron chi connectivity index (χ4n) is 1.63. The molecular weight excluding hydrogens is 248 g/mol. The van der Waals surface area contributed by atoms with Gasteiger partial charge in [0.05, 0.1) is 0 Å². The van der Waals surface area contributed by atoms with E-state index in [4.69, 9.17) is 5.11 Å². The first-order valence-electron chi connectivity index (χ1n) is 6.15. The molecule has 1 aromatic rings. The van der Waals surface area contributed by atoms with Gasteiger partial charge in [0.2, 0.25) is 0 Å². The van der Waals surface area contributed by atoms with Gasteiger partial charge in [-0.15, -0.1) is 0 Å². The molecule has 0 bridgehead atoms. The summed E-state index contributed by atoms with van der Waals surface area (Å²) in [6.07, 6.45) is 4.11. The van der Waals surface area contributed by atoms with Gasteiger partial charge < -0.3 is 20.3 Å². The van der Waals surface area contributed by atoms with Crippen molar-refractivity contribution in [3.8, 4) is 0 Å². The number of carboxylic acids is 1. The molecule has 1 atom stereocenters. The Morgan fingerprint density at radius 2 is 2.16 bits per heavy atom. The number of nitrogens with one attached hydrogen (secondary N) is 2. The molecule has 0 aromatic carbocycles. The molecule has 1 aromatic heterocycles. The summed E-state index contributed by atoms with van der Waals surface area (Å²) in [6, 6.07) is -1.36. The number of aliphatic carboxylic acids is 1. The SMILES string of the molecule is CC(C)C(NC(=O)NCCc1nccn1C)C(=O)O. The molecule has 7 heteroatoms. The molecule has 0 aliphatic carbocycles. The summed E-state index contributed by atoms with van der Waals surface area (Å²) in [5, 5.41) is 14.0. The molecule has 0 fully saturated rings. The second kappa shape index (κ2) is 6.77. The lowest BCUT2D eigenvalue weighted by Gasteiger charge is -2.18. The zero-order valence-corrected chi connectivity index (χ0v) is 11.4. The summed E-state index contributed by atoms with van der Waals surface area (Å²) < 4.78 is 1.87. The third-order valence-electron chi connectivity index (χ3n) is 2.77. The highest BCUT2D eigenvalue weighted by molar-refractivity contribution is 5.82. The minimum atomic E-state index is -1.03. The fourth-order valence-corrected chi connectivity index (χ4v) is 1.63. The monoisotopic (exact) mass is 268 g/mol. The lowest BCUT2D eigenvalue weighted by Crippen LogP contribution is -2.49. The van der Waals surface area contributed by atoms with Gasteiger partial charge in [0, 0.05) is 32.4 Å². The standard InChI is InChI=1S/C12H20N4O3/c1-8(2)10(11(17)18)15-12(19)14-5-4-9-13-6-7-16(9)3/h6-8,10H,4-5H2,1-3H3,(H,17,18)(H2,14,15,19). The molecule has 7 nitrogen and oxygen atoms in total. The number of carbonyl (C=O) groups excluding carboxylic acids is 1. The van der Waals surface area contributed by atoms with E-state index in [1.54, 1.807) is 20.0 Å². The van der Waals surface area contributed by atoms with Crippen LogP contribution in [0.3, 0.4) is 0 Å². The first kappa shape index (κ1) is 15.0. The van der Waals surface area contributed by atoms with E-state index in [1.807, 2.05) is 17.8 Å². The Hall–Kier alpha value is -2.05. The third kappa shape index (κ3) is 4.61. The normalized spacial score (nSPS) is 12.2. The van der Waals surface area contributed by atoms with Crippen LogP contribution in [-0.4, -0.2) is 39.2 Å². The van der Waals surface area contributed by atoms with Crippen LogP contribution in [0.25, 0.3) is 0 Å². The highest BCUT2D eigenvalue weighted by Crippen LogP contribution is 2.01. The van der Waals surface area contributed by atoms with E-state index >= 15 is 0 Å². The first-order chi connectivity index (χ1) is 8.91. The van der Waals surface area contributed by atoms with Crippen LogP contribution in [0.1, 0.15) is 19.7 Å². The maximum atomic E-state index is 11.6. The molecule has 0 spiro atoms. The molecule has 1 unspecified atom stereocenters. The molecule has 0 aliphatic rings. The predicted molar refractivity (Wildman–Crippen MR) is 69.7 cm³/mol. The van der Waals surface area contributed by atoms with Crippen molar-refractivity contribution in [2.75, 3.05) is 6.54 Å². The number of carbonyl (C=O) groups is 2. The van der Waals surface area contributed by atoms with Crippen molar-refractivity contribution < 1.29 is 14.7 Å². The number of hydrogen-bond acceptors (Lipinski definition) is 3. The highest BCUT2D eigenvalue weighted by Gasteiger charge is 2.23. The van der Waals surface area contributed by atoms with Crippen molar-refractivity contribution in [2.45, 2.75) is 26.3 Å². The van der Waals surface area contributed by atoms with Crippen LogP contribution in [0.4, 0.5) is 4.79 Å². The minimum Gasteiger partial charge on any atom is -0.480 e. The minimum absolute atomic E-state index is 0.169. The van der Waals surface area contributed by atoms with Crippen LogP contribution < -0.4 is 10.6 Å². The molecule has 1 heterocycles. The number of aromatic nitrogens is 2. The van der Waals surface area contributed by atoms with Crippen molar-refractivity contribution in [3.63, 3.8) is 0 Å². The molecule has 106 valence electrons. The Balaban J connectivity index is 2.35. The van der Waals surface area contributed by atoms with Gasteiger partial charge in [-0.3, -0.25) is 0 Å². The summed E-state index contributed by atoms with van der Waals surface area (Å²) in [4.78, 5) is 26.6. The van der Waals surface area contributed by atoms with Gasteiger partial charge in [0.15, 0.2) is 0 Å². The summed E-state index contributed by atoms with van der Waals surface area (Å²) in [5.74, 6) is -0.342. The molecule has 0 aliphatic heterocycles. The summed E-state index contributed by atoms with van der Waals surface area (Å²) >= 11 is 0. The Bertz CT molecular complexity index is 442. The van der Waals surface area contributed by atoms with Gasteiger partial charge in [-0.2, -0.15) is 0 Å². The third-order valence-corrected chi connectivity index (χ3v) is 2.77. The lowest BCUT2D eigenvalue weighted by molar-refractivity contribution is -0.140. The second-order valence-electron chi connectivity index (χ2n) is 4.66. The smallest absolute Gasteiger partial charge is 0.326 e. The van der Waals surface area contributed by atoms with Crippen LogP contribution in [-0.2, 0) is 18.3 Å². The molecule has 0 radical (unpaired) electrons. The number of nitrogens with zero attached hydrogens (tertiary/aromatic N) is 2. The number of imidazole rings is 1. The van der Waals surface area contributed by atoms with E-state index in [2.05, 4.69) is 15.6 Å². The van der Waals surface area contributed by atoms with Crippen LogP contribution >= 0.6 is 0 Å². The Labute approximate surface area is 112 Å². The van der Waals surface area contributed by atoms with Crippen molar-refractivity contribution in [1.29, 1.82) is 0 Å². The van der Waals surface area contributed by atoms with E-state index in [9.17, 15) is 9.59 Å². The summed E-state index contributed by atoms with van der Waals surface area (Å²) in [6.45, 7) is 3.89. The molecule has 0 saturated heterocycles. The Morgan fingerprint density at radius 3 is 2.63 bits per heavy atom. The Kier molecular flexibility index (Phi) is 5.35. The number of amides is 2. The fraction of sp³-hybridized carbons (Fsp3) is 0.583. The van der Waals surface area contributed by atoms with Gasteiger partial charge in [-0.05, 0) is 5.92 Å². The van der Waals surface area contributed by atoms with E-state index in [1.165, 1.54) is 0 Å². The maximum Gasteiger partial charge on any atom is 0.326 e. The maximum absolute atomic E-state index is 11.6. The number of aryl methyl sites for hydroxylation is 1. The molecule has 0 saturated carbocycles. The van der Waals surface area contributed by atoms with Gasteiger partial charge in [-0.1, -0.05) is 13.8 Å². The van der Waals surface area contributed by atoms with Crippen LogP contribution in [0.2, 0.25) is 0 Å². The quantitative estimate of drug-likeness (QED) is 0.694. The molecular formula is C12H20N4O3. The van der Waals surface area contributed by atoms with Crippen molar-refractivity contribution in [2.24, 2.45) is 13.0 Å². The van der Waals surface area contributed by atoms with Crippen molar-refractivity contribution >= 4 is 12.0 Å². The average Bonchev–Trinajstić information content (AvgIpc) is 2.71. The second-order valence-corrected chi connectivity index (χ2v) is 4.66. The molecule has 1 rings (SSSR count). The zero-order valence-electron chi connectivity index (χ0n) is 11.4. The summed E-state index contributed by atoms with van der Waals surface area (Å²) in [5.41, 5.74) is 0. The van der Waals surface area contributed by atoms with Gasteiger partial charge in [-0.25, -0.2) is 14.6 Å². The van der Waals surface area contributed by atoms with Crippen molar-refractivity contribution in [3.05, 3.63) is 18.2 Å². The molecule has 2 amide bonds. The molecule has 19 heavy (non-hydrogen) atoms. The summed E-state index contributed by atoms with van der Waals surface area (Å²) in [7, 11) is 1.88. The first-order valence-corrected chi connectivity index (χ1v) is 6.15. The topological polar surface area (TPSA) is 96.3 Å². The predicted octanol–water partition coefficient (Wildman–Crippen LogP) is 0.371. The highest BCUT2D eigenvalue weighted by atomic mass is 16.4. The van der Waals surface area contributed by atoms with Crippen LogP contribution in [0, 0.1) is 5.92 Å². The van der Waals surface area contributed by atoms with E-state index in [0.29, 0.717) is 13.0 Å². The zero-order chi connectivity index (χ0) is 14.4. The molecule has 3 N–H and O–H groups in total. The number of rotatable bonds is 6. The van der Waals surface area contributed by atoms with Gasteiger partial charge in [0.1, 0.15) is 11.9 Å². The largest absolute Gasteiger partial charge is 0.480 e. The lowest BCUT2D eigenvalue weighted by atomic mass is 10.1. The Morgan fingerprint density at radius 1 is 1.47 bits per heavy atom. The number of hydrogen-bond donors (Lipinski definition) is 3. The van der Waals surface area contributed by atoms with E-state index in [-0.39, 0.29) is 5.92 Å². The van der Waals surface area contributed by atoms with E-state index in [0.717, 1.165) is 5.82 Å². The van der Waals surface area contributed by atoms with Crippen LogP contribution in [0.15, 0.2) is 12.4 Å². The average molecular weight is 268 g/mol. The van der Waals surface area contributed by atoms with Crippen molar-refractivity contribution in [1.82, 2.24) is 20.2 Å². The van der Waals surface area contributed by atoms with Gasteiger partial charge in [0.25, 0.3) is 0 Å².